The highest BCUT2D eigenvalue weighted by atomic mass is 16.3. The van der Waals surface area contributed by atoms with Crippen molar-refractivity contribution in [3.63, 3.8) is 0 Å². The van der Waals surface area contributed by atoms with E-state index in [9.17, 15) is 5.11 Å². The van der Waals surface area contributed by atoms with E-state index in [0.29, 0.717) is 12.5 Å². The van der Waals surface area contributed by atoms with Crippen LogP contribution in [0.4, 0.5) is 0 Å². The van der Waals surface area contributed by atoms with Crippen LogP contribution >= 0.6 is 0 Å². The van der Waals surface area contributed by atoms with Crippen LogP contribution in [0.2, 0.25) is 0 Å². The first-order valence-corrected chi connectivity index (χ1v) is 11.7. The van der Waals surface area contributed by atoms with Gasteiger partial charge in [0, 0.05) is 28.4 Å². The van der Waals surface area contributed by atoms with E-state index >= 15 is 0 Å². The van der Waals surface area contributed by atoms with Gasteiger partial charge in [-0.05, 0) is 62.4 Å². The molecule has 0 radical (unpaired) electrons. The topological polar surface area (TPSA) is 28.4 Å². The Morgan fingerprint density at radius 3 is 2.26 bits per heavy atom. The molecule has 1 atom stereocenters. The molecule has 0 amide bonds. The summed E-state index contributed by atoms with van der Waals surface area (Å²) in [5, 5.41) is 13.5. The van der Waals surface area contributed by atoms with Crippen LogP contribution in [0.5, 0.6) is 0 Å². The summed E-state index contributed by atoms with van der Waals surface area (Å²) in [7, 11) is 0. The number of nitrogens with zero attached hydrogens (tertiary/aromatic N) is 2. The van der Waals surface area contributed by atoms with Crippen LogP contribution in [0.15, 0.2) is 84.5 Å². The van der Waals surface area contributed by atoms with Gasteiger partial charge in [-0.2, -0.15) is 0 Å². The van der Waals surface area contributed by atoms with Gasteiger partial charge < -0.3 is 14.6 Å². The summed E-state index contributed by atoms with van der Waals surface area (Å²) in [5.74, 6) is 0.664. The van der Waals surface area contributed by atoms with E-state index in [0.717, 1.165) is 19.6 Å². The molecule has 0 bridgehead atoms. The molecule has 0 saturated carbocycles. The zero-order valence-corrected chi connectivity index (χ0v) is 18.2. The Bertz CT molecular complexity index is 1080. The van der Waals surface area contributed by atoms with E-state index in [1.165, 1.54) is 53.1 Å². The maximum absolute atomic E-state index is 10.9. The minimum Gasteiger partial charge on any atom is -0.390 e. The van der Waals surface area contributed by atoms with Crippen molar-refractivity contribution >= 4 is 21.8 Å². The average Bonchev–Trinajstić information content (AvgIpc) is 3.13. The first-order chi connectivity index (χ1) is 15.3. The van der Waals surface area contributed by atoms with Crippen LogP contribution in [0.1, 0.15) is 25.7 Å². The van der Waals surface area contributed by atoms with Crippen molar-refractivity contribution in [2.24, 2.45) is 5.92 Å². The molecule has 1 saturated heterocycles. The first-order valence-electron chi connectivity index (χ1n) is 11.7. The standard InChI is InChI=1S/C28H32N2O/c31-24(20-29-18-16-23(17-19-29)15-14-22-8-2-1-3-9-22)21-30-27-12-6-4-10-25(27)26-11-5-7-13-28(26)30/h1-2,4-8,10-15,23-24,31H,3,9,16-21H2. The Balaban J connectivity index is 1.20. The molecule has 5 rings (SSSR count). The fourth-order valence-corrected chi connectivity index (χ4v) is 5.11. The summed E-state index contributed by atoms with van der Waals surface area (Å²) in [6, 6.07) is 17.0. The van der Waals surface area contributed by atoms with Crippen LogP contribution < -0.4 is 0 Å². The fraction of sp³-hybridized carbons (Fsp3) is 0.357. The molecule has 1 aliphatic carbocycles. The smallest absolute Gasteiger partial charge is 0.0845 e. The largest absolute Gasteiger partial charge is 0.390 e. The fourth-order valence-electron chi connectivity index (χ4n) is 5.11. The zero-order chi connectivity index (χ0) is 21.0. The van der Waals surface area contributed by atoms with Gasteiger partial charge in [0.2, 0.25) is 0 Å². The number of para-hydroxylation sites is 2. The van der Waals surface area contributed by atoms with E-state index in [-0.39, 0.29) is 6.10 Å². The van der Waals surface area contributed by atoms with Crippen molar-refractivity contribution in [1.29, 1.82) is 0 Å². The predicted octanol–water partition coefficient (Wildman–Crippen LogP) is 5.70. The monoisotopic (exact) mass is 412 g/mol. The maximum Gasteiger partial charge on any atom is 0.0845 e. The molecule has 1 aliphatic heterocycles. The number of hydrogen-bond acceptors (Lipinski definition) is 2. The van der Waals surface area contributed by atoms with E-state index in [2.05, 4.69) is 88.4 Å². The molecule has 0 spiro atoms. The number of fused-ring (bicyclic) bond motifs is 3. The number of aliphatic hydroxyl groups excluding tert-OH is 1. The van der Waals surface area contributed by atoms with Gasteiger partial charge in [-0.3, -0.25) is 0 Å². The number of allylic oxidation sites excluding steroid dienone is 6. The van der Waals surface area contributed by atoms with E-state index in [1.807, 2.05) is 0 Å². The van der Waals surface area contributed by atoms with Crippen molar-refractivity contribution < 1.29 is 5.11 Å². The van der Waals surface area contributed by atoms with Crippen LogP contribution in [0, 0.1) is 5.92 Å². The third kappa shape index (κ3) is 4.53. The highest BCUT2D eigenvalue weighted by Gasteiger charge is 2.21. The average molecular weight is 413 g/mol. The lowest BCUT2D eigenvalue weighted by atomic mass is 9.94. The highest BCUT2D eigenvalue weighted by molar-refractivity contribution is 6.07. The molecular weight excluding hydrogens is 380 g/mol. The van der Waals surface area contributed by atoms with Crippen LogP contribution in [-0.2, 0) is 6.54 Å². The number of benzene rings is 2. The lowest BCUT2D eigenvalue weighted by Crippen LogP contribution is -2.39. The normalized spacial score (nSPS) is 19.5. The quantitative estimate of drug-likeness (QED) is 0.562. The van der Waals surface area contributed by atoms with Gasteiger partial charge in [0.05, 0.1) is 12.6 Å². The second-order valence-electron chi connectivity index (χ2n) is 9.00. The molecule has 3 nitrogen and oxygen atoms in total. The molecular formula is C28H32N2O. The van der Waals surface area contributed by atoms with Gasteiger partial charge in [-0.15, -0.1) is 0 Å². The second kappa shape index (κ2) is 9.25. The summed E-state index contributed by atoms with van der Waals surface area (Å²) in [4.78, 5) is 2.44. The molecule has 1 unspecified atom stereocenters. The Morgan fingerprint density at radius 1 is 0.935 bits per heavy atom. The predicted molar refractivity (Wildman–Crippen MR) is 130 cm³/mol. The van der Waals surface area contributed by atoms with Gasteiger partial charge in [0.25, 0.3) is 0 Å². The number of β-amino-alcohol motifs (C(OH)–C–C–N with tert-alkyl or cyclic N) is 1. The number of hydrogen-bond donors (Lipinski definition) is 1. The lowest BCUT2D eigenvalue weighted by molar-refractivity contribution is 0.0842. The van der Waals surface area contributed by atoms with E-state index < -0.39 is 0 Å². The summed E-state index contributed by atoms with van der Waals surface area (Å²) in [6.45, 7) is 3.51. The van der Waals surface area contributed by atoms with Crippen molar-refractivity contribution in [2.45, 2.75) is 38.3 Å². The van der Waals surface area contributed by atoms with Gasteiger partial charge in [-0.1, -0.05) is 66.8 Å². The van der Waals surface area contributed by atoms with Crippen molar-refractivity contribution in [1.82, 2.24) is 9.47 Å². The van der Waals surface area contributed by atoms with E-state index in [4.69, 9.17) is 0 Å². The van der Waals surface area contributed by atoms with Crippen molar-refractivity contribution in [3.05, 3.63) is 84.5 Å². The molecule has 1 aromatic heterocycles. The number of aliphatic hydroxyl groups is 1. The summed E-state index contributed by atoms with van der Waals surface area (Å²) < 4.78 is 2.29. The number of aromatic nitrogens is 1. The van der Waals surface area contributed by atoms with Crippen LogP contribution in [0.3, 0.4) is 0 Å². The van der Waals surface area contributed by atoms with Crippen LogP contribution in [-0.4, -0.2) is 40.3 Å². The lowest BCUT2D eigenvalue weighted by Gasteiger charge is -2.32. The maximum atomic E-state index is 10.9. The number of rotatable bonds is 6. The zero-order valence-electron chi connectivity index (χ0n) is 18.2. The molecule has 160 valence electrons. The summed E-state index contributed by atoms with van der Waals surface area (Å²) in [5.41, 5.74) is 3.86. The molecule has 1 fully saturated rings. The number of piperidine rings is 1. The van der Waals surface area contributed by atoms with Crippen molar-refractivity contribution in [3.8, 4) is 0 Å². The summed E-state index contributed by atoms with van der Waals surface area (Å²) >= 11 is 0. The van der Waals surface area contributed by atoms with Gasteiger partial charge in [0.1, 0.15) is 0 Å². The highest BCUT2D eigenvalue weighted by Crippen LogP contribution is 2.29. The molecule has 1 N–H and O–H groups in total. The van der Waals surface area contributed by atoms with Gasteiger partial charge in [0.15, 0.2) is 0 Å². The molecule has 2 heterocycles. The summed E-state index contributed by atoms with van der Waals surface area (Å²) in [6.07, 6.45) is 15.7. The third-order valence-corrected chi connectivity index (χ3v) is 6.80. The Labute approximate surface area is 185 Å². The second-order valence-corrected chi connectivity index (χ2v) is 9.00. The Hall–Kier alpha value is -2.62. The molecule has 2 aromatic carbocycles. The molecule has 2 aliphatic rings. The number of likely N-dealkylation sites (tertiary alicyclic amines) is 1. The SMILES string of the molecule is OC(CN1CCC(C=CC2=CC=CCC2)CC1)Cn1c2ccccc2c2ccccc21. The van der Waals surface area contributed by atoms with Crippen LogP contribution in [0.25, 0.3) is 21.8 Å². The van der Waals surface area contributed by atoms with Gasteiger partial charge in [-0.25, -0.2) is 0 Å². The van der Waals surface area contributed by atoms with Gasteiger partial charge >= 0.3 is 0 Å². The van der Waals surface area contributed by atoms with Crippen molar-refractivity contribution in [2.75, 3.05) is 19.6 Å². The molecule has 31 heavy (non-hydrogen) atoms. The first kappa shape index (κ1) is 20.3. The minimum absolute atomic E-state index is 0.370. The minimum atomic E-state index is -0.370. The molecule has 3 heteroatoms. The third-order valence-electron chi connectivity index (χ3n) is 6.80. The molecule has 3 aromatic rings. The van der Waals surface area contributed by atoms with E-state index in [1.54, 1.807) is 0 Å². The Morgan fingerprint density at radius 2 is 1.61 bits per heavy atom. The Kier molecular flexibility index (Phi) is 6.06.